The number of carbonyl (C=O) groups is 1. The monoisotopic (exact) mass is 328 g/mol. The van der Waals surface area contributed by atoms with Crippen molar-refractivity contribution in [2.75, 3.05) is 20.4 Å². The second-order valence-electron chi connectivity index (χ2n) is 6.17. The van der Waals surface area contributed by atoms with E-state index >= 15 is 0 Å². The Balaban J connectivity index is 2.83. The fraction of sp³-hybridized carbons (Fsp3) is 0.562. The molecule has 0 spiro atoms. The Morgan fingerprint density at radius 2 is 1.77 bits per heavy atom. The predicted octanol–water partition coefficient (Wildman–Crippen LogP) is 4.07. The van der Waals surface area contributed by atoms with Gasteiger partial charge in [-0.3, -0.25) is 9.36 Å². The third-order valence-corrected chi connectivity index (χ3v) is 5.20. The lowest BCUT2D eigenvalue weighted by atomic mass is 9.85. The molecule has 6 heteroatoms. The Hall–Kier alpha value is -1.16. The number of aryl methyl sites for hydroxylation is 1. The lowest BCUT2D eigenvalue weighted by Crippen LogP contribution is -2.17. The van der Waals surface area contributed by atoms with Crippen LogP contribution in [0.15, 0.2) is 18.2 Å². The number of rotatable bonds is 6. The molecule has 1 rings (SSSR count). The van der Waals surface area contributed by atoms with Crippen molar-refractivity contribution in [2.45, 2.75) is 39.5 Å². The fourth-order valence-electron chi connectivity index (χ4n) is 1.98. The molecule has 0 aliphatic rings. The van der Waals surface area contributed by atoms with Crippen LogP contribution < -0.4 is 4.74 Å². The summed E-state index contributed by atoms with van der Waals surface area (Å²) in [6.07, 6.45) is -0.0358. The van der Waals surface area contributed by atoms with Gasteiger partial charge in [-0.2, -0.15) is 0 Å². The van der Waals surface area contributed by atoms with E-state index in [1.54, 1.807) is 6.07 Å². The third-order valence-electron chi connectivity index (χ3n) is 3.31. The number of esters is 1. The van der Waals surface area contributed by atoms with Crippen molar-refractivity contribution in [1.82, 2.24) is 0 Å². The van der Waals surface area contributed by atoms with Crippen molar-refractivity contribution < 1.29 is 23.1 Å². The summed E-state index contributed by atoms with van der Waals surface area (Å²) in [5.41, 5.74) is 1.92. The Kier molecular flexibility index (Phi) is 6.36. The molecule has 0 N–H and O–H groups in total. The van der Waals surface area contributed by atoms with Gasteiger partial charge in [0.15, 0.2) is 0 Å². The van der Waals surface area contributed by atoms with Crippen molar-refractivity contribution in [3.05, 3.63) is 29.3 Å². The molecule has 0 aliphatic heterocycles. The zero-order valence-electron chi connectivity index (χ0n) is 14.1. The molecular weight excluding hydrogens is 303 g/mol. The number of benzene rings is 1. The second-order valence-corrected chi connectivity index (χ2v) is 8.57. The van der Waals surface area contributed by atoms with Crippen LogP contribution in [-0.2, 0) is 23.8 Å². The van der Waals surface area contributed by atoms with Crippen molar-refractivity contribution in [3.8, 4) is 5.75 Å². The maximum atomic E-state index is 12.0. The van der Waals surface area contributed by atoms with Crippen molar-refractivity contribution >= 4 is 13.6 Å². The molecule has 0 amide bonds. The molecule has 124 valence electrons. The summed E-state index contributed by atoms with van der Waals surface area (Å²) in [5.74, 6) is 0.0800. The van der Waals surface area contributed by atoms with E-state index in [2.05, 4.69) is 20.8 Å². The van der Waals surface area contributed by atoms with Crippen LogP contribution in [0.25, 0.3) is 0 Å². The van der Waals surface area contributed by atoms with E-state index in [4.69, 9.17) is 13.8 Å². The number of hydrogen-bond donors (Lipinski definition) is 0. The molecule has 0 heterocycles. The quantitative estimate of drug-likeness (QED) is 0.447. The van der Waals surface area contributed by atoms with E-state index in [-0.39, 0.29) is 18.0 Å². The lowest BCUT2D eigenvalue weighted by Gasteiger charge is -2.23. The van der Waals surface area contributed by atoms with Gasteiger partial charge in [0, 0.05) is 19.8 Å². The van der Waals surface area contributed by atoms with Gasteiger partial charge in [-0.25, -0.2) is 0 Å². The summed E-state index contributed by atoms with van der Waals surface area (Å²) in [6.45, 7) is 8.17. The zero-order chi connectivity index (χ0) is 17.0. The first kappa shape index (κ1) is 18.9. The van der Waals surface area contributed by atoms with Crippen LogP contribution in [0.3, 0.4) is 0 Å². The largest absolute Gasteiger partial charge is 0.426 e. The van der Waals surface area contributed by atoms with Crippen LogP contribution in [0.1, 0.15) is 38.3 Å². The molecule has 1 aromatic carbocycles. The second kappa shape index (κ2) is 7.40. The standard InChI is InChI=1S/C16H25O5P/c1-12-7-8-14(13(11-12)16(2,3)4)21-15(17)9-10-22(18,19-5)20-6/h7-8,11H,9-10H2,1-6H3. The molecule has 0 aromatic heterocycles. The number of ether oxygens (including phenoxy) is 1. The highest BCUT2D eigenvalue weighted by atomic mass is 31.2. The van der Waals surface area contributed by atoms with Gasteiger partial charge in [0.2, 0.25) is 0 Å². The SMILES string of the molecule is COP(=O)(CCC(=O)Oc1ccc(C)cc1C(C)(C)C)OC. The van der Waals surface area contributed by atoms with Gasteiger partial charge in [0.05, 0.1) is 12.6 Å². The molecule has 0 atom stereocenters. The highest BCUT2D eigenvalue weighted by Crippen LogP contribution is 2.46. The van der Waals surface area contributed by atoms with E-state index in [9.17, 15) is 9.36 Å². The van der Waals surface area contributed by atoms with Crippen molar-refractivity contribution in [3.63, 3.8) is 0 Å². The summed E-state index contributed by atoms with van der Waals surface area (Å²) < 4.78 is 27.0. The van der Waals surface area contributed by atoms with Gasteiger partial charge >= 0.3 is 13.6 Å². The van der Waals surface area contributed by atoms with Gasteiger partial charge in [-0.05, 0) is 18.4 Å². The van der Waals surface area contributed by atoms with E-state index in [0.717, 1.165) is 11.1 Å². The molecule has 0 saturated carbocycles. The molecular formula is C16H25O5P. The molecule has 5 nitrogen and oxygen atoms in total. The predicted molar refractivity (Wildman–Crippen MR) is 86.6 cm³/mol. The number of carbonyl (C=O) groups excluding carboxylic acids is 1. The average molecular weight is 328 g/mol. The molecule has 0 saturated heterocycles. The van der Waals surface area contributed by atoms with Gasteiger partial charge < -0.3 is 13.8 Å². The maximum absolute atomic E-state index is 12.0. The van der Waals surface area contributed by atoms with Crippen molar-refractivity contribution in [2.24, 2.45) is 0 Å². The van der Waals surface area contributed by atoms with Crippen LogP contribution in [0.2, 0.25) is 0 Å². The minimum atomic E-state index is -3.19. The summed E-state index contributed by atoms with van der Waals surface area (Å²) in [4.78, 5) is 12.0. The van der Waals surface area contributed by atoms with Gasteiger partial charge in [0.25, 0.3) is 0 Å². The first-order valence-electron chi connectivity index (χ1n) is 7.13. The minimum Gasteiger partial charge on any atom is -0.426 e. The summed E-state index contributed by atoms with van der Waals surface area (Å²) >= 11 is 0. The smallest absolute Gasteiger partial charge is 0.330 e. The topological polar surface area (TPSA) is 61.8 Å². The van der Waals surface area contributed by atoms with Gasteiger partial charge in [-0.15, -0.1) is 0 Å². The molecule has 0 bridgehead atoms. The van der Waals surface area contributed by atoms with Gasteiger partial charge in [-0.1, -0.05) is 38.5 Å². The Labute approximate surface area is 132 Å². The van der Waals surface area contributed by atoms with E-state index in [1.807, 2.05) is 19.1 Å². The van der Waals surface area contributed by atoms with Crippen LogP contribution in [0.4, 0.5) is 0 Å². The fourth-order valence-corrected chi connectivity index (χ4v) is 2.95. The highest BCUT2D eigenvalue weighted by Gasteiger charge is 2.25. The first-order valence-corrected chi connectivity index (χ1v) is 8.86. The van der Waals surface area contributed by atoms with E-state index in [0.29, 0.717) is 5.75 Å². The summed E-state index contributed by atoms with van der Waals surface area (Å²) in [7, 11) is -0.595. The van der Waals surface area contributed by atoms with Gasteiger partial charge in [0.1, 0.15) is 5.75 Å². The van der Waals surface area contributed by atoms with Crippen LogP contribution in [-0.4, -0.2) is 26.4 Å². The average Bonchev–Trinajstić information content (AvgIpc) is 2.45. The minimum absolute atomic E-state index is 0.00442. The maximum Gasteiger partial charge on any atom is 0.330 e. The highest BCUT2D eigenvalue weighted by molar-refractivity contribution is 7.53. The van der Waals surface area contributed by atoms with Crippen LogP contribution >= 0.6 is 7.60 Å². The van der Waals surface area contributed by atoms with E-state index < -0.39 is 13.6 Å². The third kappa shape index (κ3) is 5.24. The molecule has 0 unspecified atom stereocenters. The molecule has 0 fully saturated rings. The Bertz CT molecular complexity index is 566. The van der Waals surface area contributed by atoms with E-state index in [1.165, 1.54) is 14.2 Å². The van der Waals surface area contributed by atoms with Crippen molar-refractivity contribution in [1.29, 1.82) is 0 Å². The van der Waals surface area contributed by atoms with Crippen LogP contribution in [0.5, 0.6) is 5.75 Å². The Morgan fingerprint density at radius 3 is 2.27 bits per heavy atom. The Morgan fingerprint density at radius 1 is 1.18 bits per heavy atom. The zero-order valence-corrected chi connectivity index (χ0v) is 15.0. The van der Waals surface area contributed by atoms with Crippen LogP contribution in [0, 0.1) is 6.92 Å². The molecule has 0 radical (unpaired) electrons. The lowest BCUT2D eigenvalue weighted by molar-refractivity contribution is -0.134. The summed E-state index contributed by atoms with van der Waals surface area (Å²) in [6, 6.07) is 5.70. The molecule has 1 aromatic rings. The molecule has 0 aliphatic carbocycles. The molecule has 22 heavy (non-hydrogen) atoms. The number of hydrogen-bond acceptors (Lipinski definition) is 5. The first-order chi connectivity index (χ1) is 10.1. The summed E-state index contributed by atoms with van der Waals surface area (Å²) in [5, 5.41) is 0. The normalized spacial score (nSPS) is 12.3.